The van der Waals surface area contributed by atoms with E-state index in [1.807, 2.05) is 11.8 Å². The van der Waals surface area contributed by atoms with Crippen LogP contribution in [0.3, 0.4) is 0 Å². The molecule has 1 aliphatic carbocycles. The van der Waals surface area contributed by atoms with E-state index in [9.17, 15) is 0 Å². The number of nitrogens with zero attached hydrogens (tertiary/aromatic N) is 2. The molecule has 0 bridgehead atoms. The summed E-state index contributed by atoms with van der Waals surface area (Å²) in [6, 6.07) is 0.624. The lowest BCUT2D eigenvalue weighted by molar-refractivity contribution is 0.304. The van der Waals surface area contributed by atoms with Crippen LogP contribution in [0.2, 0.25) is 0 Å². The minimum absolute atomic E-state index is 0.624. The Bertz CT molecular complexity index is 369. The van der Waals surface area contributed by atoms with Crippen LogP contribution in [0, 0.1) is 5.92 Å². The Kier molecular flexibility index (Phi) is 5.79. The lowest BCUT2D eigenvalue weighted by Crippen LogP contribution is -2.40. The van der Waals surface area contributed by atoms with Crippen molar-refractivity contribution in [3.8, 4) is 0 Å². The largest absolute Gasteiger partial charge is 0.316 e. The van der Waals surface area contributed by atoms with Crippen LogP contribution >= 0.6 is 34.9 Å². The first-order chi connectivity index (χ1) is 8.76. The van der Waals surface area contributed by atoms with E-state index in [1.54, 1.807) is 23.1 Å². The normalized spacial score (nSPS) is 28.5. The summed E-state index contributed by atoms with van der Waals surface area (Å²) in [5, 5.41) is 12.6. The number of nitrogens with one attached hydrogen (secondary N) is 1. The number of aromatic nitrogens is 2. The van der Waals surface area contributed by atoms with E-state index < -0.39 is 0 Å². The minimum Gasteiger partial charge on any atom is -0.316 e. The quantitative estimate of drug-likeness (QED) is 0.843. The topological polar surface area (TPSA) is 37.8 Å². The Morgan fingerprint density at radius 1 is 1.33 bits per heavy atom. The van der Waals surface area contributed by atoms with E-state index in [0.717, 1.165) is 14.6 Å². The summed E-state index contributed by atoms with van der Waals surface area (Å²) in [5.74, 6) is 0.889. The molecule has 1 saturated carbocycles. The fourth-order valence-corrected chi connectivity index (χ4v) is 5.62. The van der Waals surface area contributed by atoms with Gasteiger partial charge in [-0.2, -0.15) is 0 Å². The first-order valence-electron chi connectivity index (χ1n) is 6.48. The van der Waals surface area contributed by atoms with E-state index in [-0.39, 0.29) is 0 Å². The fourth-order valence-electron chi connectivity index (χ4n) is 2.50. The predicted molar refractivity (Wildman–Crippen MR) is 81.8 cm³/mol. The van der Waals surface area contributed by atoms with Crippen LogP contribution in [-0.4, -0.2) is 34.8 Å². The van der Waals surface area contributed by atoms with Crippen LogP contribution in [0.25, 0.3) is 0 Å². The first-order valence-corrected chi connectivity index (χ1v) is 9.40. The van der Waals surface area contributed by atoms with Gasteiger partial charge in [-0.15, -0.1) is 10.2 Å². The number of hydrogen-bond donors (Lipinski definition) is 1. The Balaban J connectivity index is 1.99. The van der Waals surface area contributed by atoms with Gasteiger partial charge >= 0.3 is 0 Å². The second-order valence-corrected chi connectivity index (χ2v) is 8.19. The maximum Gasteiger partial charge on any atom is 0.175 e. The van der Waals surface area contributed by atoms with Gasteiger partial charge in [0.25, 0.3) is 0 Å². The van der Waals surface area contributed by atoms with E-state index >= 15 is 0 Å². The van der Waals surface area contributed by atoms with Crippen LogP contribution in [0.4, 0.5) is 0 Å². The van der Waals surface area contributed by atoms with Crippen molar-refractivity contribution in [1.82, 2.24) is 15.5 Å². The maximum atomic E-state index is 4.28. The molecule has 0 amide bonds. The van der Waals surface area contributed by atoms with Crippen LogP contribution in [0.5, 0.6) is 0 Å². The standard InChI is InChI=1S/C12H21N3S3/c1-4-8-5-6-9(13-2)10(7-8)17-12-15-14-11(16-3)18-12/h8-10,13H,4-7H2,1-3H3. The molecule has 0 aliphatic heterocycles. The van der Waals surface area contributed by atoms with Crippen LogP contribution in [-0.2, 0) is 0 Å². The summed E-state index contributed by atoms with van der Waals surface area (Å²) in [6.07, 6.45) is 7.33. The molecule has 6 heteroatoms. The molecule has 0 radical (unpaired) electrons. The van der Waals surface area contributed by atoms with Crippen molar-refractivity contribution in [2.45, 2.75) is 52.6 Å². The molecule has 1 aromatic heterocycles. The Hall–Kier alpha value is 0.220. The van der Waals surface area contributed by atoms with Gasteiger partial charge in [0.05, 0.1) is 0 Å². The van der Waals surface area contributed by atoms with Crippen molar-refractivity contribution in [2.75, 3.05) is 13.3 Å². The Morgan fingerprint density at radius 3 is 2.72 bits per heavy atom. The highest BCUT2D eigenvalue weighted by atomic mass is 32.2. The number of thioether (sulfide) groups is 2. The zero-order valence-electron chi connectivity index (χ0n) is 11.2. The van der Waals surface area contributed by atoms with Gasteiger partial charge in [0.2, 0.25) is 0 Å². The summed E-state index contributed by atoms with van der Waals surface area (Å²) in [5.41, 5.74) is 0. The van der Waals surface area contributed by atoms with Crippen molar-refractivity contribution in [3.63, 3.8) is 0 Å². The summed E-state index contributed by atoms with van der Waals surface area (Å²) in [6.45, 7) is 2.31. The lowest BCUT2D eigenvalue weighted by Gasteiger charge is -2.34. The molecule has 1 fully saturated rings. The van der Waals surface area contributed by atoms with E-state index in [4.69, 9.17) is 0 Å². The molecule has 0 saturated heterocycles. The van der Waals surface area contributed by atoms with Gasteiger partial charge in [0.1, 0.15) is 0 Å². The summed E-state index contributed by atoms with van der Waals surface area (Å²) < 4.78 is 2.20. The lowest BCUT2D eigenvalue weighted by atomic mass is 9.84. The van der Waals surface area contributed by atoms with Gasteiger partial charge < -0.3 is 5.32 Å². The molecule has 1 aliphatic rings. The molecular formula is C12H21N3S3. The van der Waals surface area contributed by atoms with Crippen LogP contribution in [0.1, 0.15) is 32.6 Å². The van der Waals surface area contributed by atoms with Crippen LogP contribution < -0.4 is 5.32 Å². The molecule has 1 N–H and O–H groups in total. The van der Waals surface area contributed by atoms with E-state index in [1.165, 1.54) is 25.7 Å². The van der Waals surface area contributed by atoms with Gasteiger partial charge in [0, 0.05) is 11.3 Å². The van der Waals surface area contributed by atoms with Gasteiger partial charge in [-0.25, -0.2) is 0 Å². The fraction of sp³-hybridized carbons (Fsp3) is 0.833. The van der Waals surface area contributed by atoms with Gasteiger partial charge in [-0.05, 0) is 38.5 Å². The van der Waals surface area contributed by atoms with E-state index in [2.05, 4.69) is 35.7 Å². The van der Waals surface area contributed by atoms with Gasteiger partial charge in [-0.1, -0.05) is 48.2 Å². The van der Waals surface area contributed by atoms with Crippen molar-refractivity contribution < 1.29 is 0 Å². The third kappa shape index (κ3) is 3.62. The van der Waals surface area contributed by atoms with Crippen molar-refractivity contribution in [3.05, 3.63) is 0 Å². The molecular weight excluding hydrogens is 282 g/mol. The minimum atomic E-state index is 0.624. The second-order valence-electron chi connectivity index (χ2n) is 4.68. The average molecular weight is 304 g/mol. The summed E-state index contributed by atoms with van der Waals surface area (Å²) in [4.78, 5) is 0. The Morgan fingerprint density at radius 2 is 2.11 bits per heavy atom. The predicted octanol–water partition coefficient (Wildman–Crippen LogP) is 3.52. The van der Waals surface area contributed by atoms with E-state index in [0.29, 0.717) is 11.3 Å². The number of rotatable bonds is 5. The second kappa shape index (κ2) is 7.12. The molecule has 3 unspecified atom stereocenters. The zero-order valence-corrected chi connectivity index (χ0v) is 13.6. The first kappa shape index (κ1) is 14.6. The highest BCUT2D eigenvalue weighted by Gasteiger charge is 2.30. The molecule has 0 aromatic carbocycles. The monoisotopic (exact) mass is 303 g/mol. The molecule has 18 heavy (non-hydrogen) atoms. The van der Waals surface area contributed by atoms with Crippen molar-refractivity contribution in [1.29, 1.82) is 0 Å². The molecule has 1 heterocycles. The Labute approximate surface area is 122 Å². The average Bonchev–Trinajstić information content (AvgIpc) is 2.86. The summed E-state index contributed by atoms with van der Waals surface area (Å²) in [7, 11) is 2.08. The van der Waals surface area contributed by atoms with Gasteiger partial charge in [-0.3, -0.25) is 0 Å². The highest BCUT2D eigenvalue weighted by Crippen LogP contribution is 2.39. The molecule has 1 aromatic rings. The molecule has 3 atom stereocenters. The molecule has 102 valence electrons. The molecule has 0 spiro atoms. The summed E-state index contributed by atoms with van der Waals surface area (Å²) >= 11 is 5.32. The number of hydrogen-bond acceptors (Lipinski definition) is 6. The van der Waals surface area contributed by atoms with Crippen molar-refractivity contribution in [2.24, 2.45) is 5.92 Å². The SMILES string of the molecule is CCC1CCC(NC)C(Sc2nnc(SC)s2)C1. The third-order valence-corrected chi connectivity index (χ3v) is 7.00. The van der Waals surface area contributed by atoms with Crippen molar-refractivity contribution >= 4 is 34.9 Å². The molecule has 3 nitrogen and oxygen atoms in total. The van der Waals surface area contributed by atoms with Gasteiger partial charge in [0.15, 0.2) is 8.68 Å². The highest BCUT2D eigenvalue weighted by molar-refractivity contribution is 8.03. The van der Waals surface area contributed by atoms with Crippen LogP contribution in [0.15, 0.2) is 8.68 Å². The third-order valence-electron chi connectivity index (χ3n) is 3.66. The maximum absolute atomic E-state index is 4.28. The zero-order chi connectivity index (χ0) is 13.0. The molecule has 2 rings (SSSR count). The smallest absolute Gasteiger partial charge is 0.175 e.